The number of nitrogens with one attached hydrogen (secondary N) is 2. The largest absolute Gasteiger partial charge is 0.493 e. The van der Waals surface area contributed by atoms with Gasteiger partial charge in [-0.05, 0) is 56.8 Å². The highest BCUT2D eigenvalue weighted by atomic mass is 127. The Morgan fingerprint density at radius 2 is 1.87 bits per heavy atom. The van der Waals surface area contributed by atoms with Crippen LogP contribution in [0.5, 0.6) is 11.5 Å². The van der Waals surface area contributed by atoms with Crippen molar-refractivity contribution < 1.29 is 9.47 Å². The second-order valence-corrected chi connectivity index (χ2v) is 7.37. The molecule has 0 saturated carbocycles. The highest BCUT2D eigenvalue weighted by molar-refractivity contribution is 14.0. The lowest BCUT2D eigenvalue weighted by Gasteiger charge is -2.24. The van der Waals surface area contributed by atoms with Gasteiger partial charge in [-0.15, -0.1) is 24.0 Å². The Hall–Kier alpha value is -1.78. The molecule has 1 unspecified atom stereocenters. The lowest BCUT2D eigenvalue weighted by Crippen LogP contribution is -2.39. The Morgan fingerprint density at radius 1 is 1.13 bits per heavy atom. The van der Waals surface area contributed by atoms with E-state index in [0.717, 1.165) is 36.6 Å². The van der Waals surface area contributed by atoms with Gasteiger partial charge in [0.1, 0.15) is 5.15 Å². The van der Waals surface area contributed by atoms with Crippen LogP contribution in [0.4, 0.5) is 0 Å². The number of likely N-dealkylation sites (N-methyl/N-ethyl adjacent to an activating group) is 1. The number of methoxy groups -OCH3 is 2. The van der Waals surface area contributed by atoms with Gasteiger partial charge in [0.25, 0.3) is 0 Å². The summed E-state index contributed by atoms with van der Waals surface area (Å²) in [5.41, 5.74) is 2.24. The van der Waals surface area contributed by atoms with E-state index in [1.54, 1.807) is 26.5 Å². The minimum atomic E-state index is 0. The number of halogens is 2. The van der Waals surface area contributed by atoms with Crippen molar-refractivity contribution in [3.63, 3.8) is 0 Å². The van der Waals surface area contributed by atoms with Gasteiger partial charge in [-0.3, -0.25) is 4.99 Å². The first-order chi connectivity index (χ1) is 14.5. The van der Waals surface area contributed by atoms with Crippen molar-refractivity contribution in [1.82, 2.24) is 20.5 Å². The van der Waals surface area contributed by atoms with E-state index in [2.05, 4.69) is 33.5 Å². The zero-order valence-corrected chi connectivity index (χ0v) is 21.9. The lowest BCUT2D eigenvalue weighted by atomic mass is 10.1. The van der Waals surface area contributed by atoms with E-state index in [1.165, 1.54) is 0 Å². The first-order valence-electron chi connectivity index (χ1n) is 9.99. The molecular formula is C22H33ClIN5O2. The van der Waals surface area contributed by atoms with Gasteiger partial charge in [-0.1, -0.05) is 23.7 Å². The van der Waals surface area contributed by atoms with Crippen molar-refractivity contribution in [3.05, 3.63) is 52.8 Å². The Bertz CT molecular complexity index is 818. The number of aliphatic imine (C=N–C) groups is 1. The number of hydrogen-bond donors (Lipinski definition) is 2. The zero-order chi connectivity index (χ0) is 21.9. The van der Waals surface area contributed by atoms with E-state index in [1.807, 2.05) is 32.3 Å². The van der Waals surface area contributed by atoms with Crippen molar-refractivity contribution in [3.8, 4) is 11.5 Å². The van der Waals surface area contributed by atoms with Gasteiger partial charge in [0.2, 0.25) is 0 Å². The van der Waals surface area contributed by atoms with E-state index in [0.29, 0.717) is 23.2 Å². The standard InChI is InChI=1S/C22H32ClN5O2.HI/c1-6-24-22(25-12-11-16-7-10-21(23)26-14-16)27-15-18(28(2)3)17-8-9-19(29-4)20(13-17)30-5;/h7-10,13-14,18H,6,11-12,15H2,1-5H3,(H2,24,25,27);1H. The topological polar surface area (TPSA) is 71.0 Å². The van der Waals surface area contributed by atoms with Crippen LogP contribution in [0.1, 0.15) is 24.1 Å². The fourth-order valence-electron chi connectivity index (χ4n) is 3.03. The maximum atomic E-state index is 5.85. The molecule has 31 heavy (non-hydrogen) atoms. The Labute approximate surface area is 207 Å². The van der Waals surface area contributed by atoms with Crippen LogP contribution in [0.2, 0.25) is 5.15 Å². The third kappa shape index (κ3) is 8.70. The number of rotatable bonds is 10. The summed E-state index contributed by atoms with van der Waals surface area (Å²) in [6, 6.07) is 9.88. The SMILES string of the molecule is CCNC(=NCC(c1ccc(OC)c(OC)c1)N(C)C)NCCc1ccc(Cl)nc1.I. The second-order valence-electron chi connectivity index (χ2n) is 6.98. The maximum Gasteiger partial charge on any atom is 0.191 e. The number of guanidine groups is 1. The van der Waals surface area contributed by atoms with Crippen molar-refractivity contribution in [2.75, 3.05) is 47.9 Å². The van der Waals surface area contributed by atoms with Crippen LogP contribution < -0.4 is 20.1 Å². The Morgan fingerprint density at radius 3 is 2.45 bits per heavy atom. The van der Waals surface area contributed by atoms with Crippen molar-refractivity contribution in [2.24, 2.45) is 4.99 Å². The van der Waals surface area contributed by atoms with Crippen LogP contribution in [0.3, 0.4) is 0 Å². The molecular weight excluding hydrogens is 529 g/mol. The third-order valence-corrected chi connectivity index (χ3v) is 4.90. The van der Waals surface area contributed by atoms with Crippen LogP contribution in [0.25, 0.3) is 0 Å². The molecule has 1 atom stereocenters. The van der Waals surface area contributed by atoms with Gasteiger partial charge in [0, 0.05) is 19.3 Å². The summed E-state index contributed by atoms with van der Waals surface area (Å²) in [6.07, 6.45) is 2.63. The number of hydrogen-bond acceptors (Lipinski definition) is 5. The van der Waals surface area contributed by atoms with E-state index < -0.39 is 0 Å². The molecule has 0 radical (unpaired) electrons. The van der Waals surface area contributed by atoms with Gasteiger partial charge in [0.15, 0.2) is 17.5 Å². The minimum Gasteiger partial charge on any atom is -0.493 e. The van der Waals surface area contributed by atoms with Gasteiger partial charge in [0.05, 0.1) is 26.8 Å². The van der Waals surface area contributed by atoms with Gasteiger partial charge < -0.3 is 25.0 Å². The lowest BCUT2D eigenvalue weighted by molar-refractivity contribution is 0.303. The fraction of sp³-hybridized carbons (Fsp3) is 0.455. The summed E-state index contributed by atoms with van der Waals surface area (Å²) in [5.74, 6) is 2.22. The van der Waals surface area contributed by atoms with Crippen LogP contribution in [-0.2, 0) is 6.42 Å². The van der Waals surface area contributed by atoms with E-state index in [4.69, 9.17) is 26.1 Å². The molecule has 0 aliphatic rings. The molecule has 1 aromatic carbocycles. The highest BCUT2D eigenvalue weighted by Crippen LogP contribution is 2.31. The minimum absolute atomic E-state index is 0. The van der Waals surface area contributed by atoms with Crippen molar-refractivity contribution in [1.29, 1.82) is 0 Å². The molecule has 172 valence electrons. The molecule has 0 saturated heterocycles. The fourth-order valence-corrected chi connectivity index (χ4v) is 3.14. The number of benzene rings is 1. The summed E-state index contributed by atoms with van der Waals surface area (Å²) >= 11 is 5.85. The van der Waals surface area contributed by atoms with Crippen LogP contribution in [0, 0.1) is 0 Å². The average Bonchev–Trinajstić information content (AvgIpc) is 2.74. The predicted octanol–water partition coefficient (Wildman–Crippen LogP) is 3.77. The summed E-state index contributed by atoms with van der Waals surface area (Å²) in [5, 5.41) is 7.19. The van der Waals surface area contributed by atoms with Crippen LogP contribution in [0.15, 0.2) is 41.5 Å². The van der Waals surface area contributed by atoms with Crippen LogP contribution >= 0.6 is 35.6 Å². The summed E-state index contributed by atoms with van der Waals surface area (Å²) in [7, 11) is 7.38. The zero-order valence-electron chi connectivity index (χ0n) is 18.8. The molecule has 0 bridgehead atoms. The molecule has 0 aliphatic carbocycles. The van der Waals surface area contributed by atoms with E-state index in [-0.39, 0.29) is 30.0 Å². The number of nitrogens with zero attached hydrogens (tertiary/aromatic N) is 3. The molecule has 0 fully saturated rings. The number of aromatic nitrogens is 1. The first kappa shape index (κ1) is 27.3. The number of ether oxygens (including phenoxy) is 2. The van der Waals surface area contributed by atoms with Gasteiger partial charge >= 0.3 is 0 Å². The number of pyridine rings is 1. The Balaban J connectivity index is 0.00000480. The molecule has 1 heterocycles. The molecule has 2 aromatic rings. The molecule has 0 spiro atoms. The first-order valence-corrected chi connectivity index (χ1v) is 10.4. The molecule has 9 heteroatoms. The average molecular weight is 562 g/mol. The second kappa shape index (κ2) is 14.3. The highest BCUT2D eigenvalue weighted by Gasteiger charge is 2.16. The smallest absolute Gasteiger partial charge is 0.191 e. The summed E-state index contributed by atoms with van der Waals surface area (Å²) in [6.45, 7) is 4.19. The van der Waals surface area contributed by atoms with Crippen molar-refractivity contribution >= 4 is 41.5 Å². The normalized spacial score (nSPS) is 12.2. The predicted molar refractivity (Wildman–Crippen MR) is 138 cm³/mol. The monoisotopic (exact) mass is 561 g/mol. The van der Waals surface area contributed by atoms with Crippen molar-refractivity contribution in [2.45, 2.75) is 19.4 Å². The van der Waals surface area contributed by atoms with Gasteiger partial charge in [-0.2, -0.15) is 0 Å². The van der Waals surface area contributed by atoms with Gasteiger partial charge in [-0.25, -0.2) is 4.98 Å². The summed E-state index contributed by atoms with van der Waals surface area (Å²) in [4.78, 5) is 11.1. The molecule has 2 rings (SSSR count). The van der Waals surface area contributed by atoms with E-state index >= 15 is 0 Å². The summed E-state index contributed by atoms with van der Waals surface area (Å²) < 4.78 is 10.8. The molecule has 7 nitrogen and oxygen atoms in total. The quantitative estimate of drug-likeness (QED) is 0.199. The van der Waals surface area contributed by atoms with Crippen LogP contribution in [-0.4, -0.2) is 63.8 Å². The Kier molecular flexibility index (Phi) is 12.6. The third-order valence-electron chi connectivity index (χ3n) is 4.68. The molecule has 2 N–H and O–H groups in total. The maximum absolute atomic E-state index is 5.85. The van der Waals surface area contributed by atoms with E-state index in [9.17, 15) is 0 Å². The molecule has 0 aliphatic heterocycles. The molecule has 0 amide bonds. The molecule has 1 aromatic heterocycles.